The number of aryl methyl sites for hydroxylation is 1. The number of nitrogens with two attached hydrogens (primary N) is 1. The van der Waals surface area contributed by atoms with Crippen molar-refractivity contribution in [1.82, 2.24) is 30.5 Å². The molecule has 0 aliphatic carbocycles. The SMILES string of the molecule is N=C(N)NCCCNCc1ccc(-n2cc3cc(CCS(=O)(=O)C4CCNCC4)[nH]c3nc2=O)cc1. The summed E-state index contributed by atoms with van der Waals surface area (Å²) in [7, 11) is -3.17. The summed E-state index contributed by atoms with van der Waals surface area (Å²) in [6.07, 6.45) is 4.26. The Morgan fingerprint density at radius 3 is 2.67 bits per heavy atom. The van der Waals surface area contributed by atoms with Crippen molar-refractivity contribution in [2.45, 2.75) is 37.5 Å². The maximum atomic E-state index is 12.7. The molecule has 1 aromatic carbocycles. The Bertz CT molecular complexity index is 1340. The Labute approximate surface area is 210 Å². The minimum absolute atomic E-state index is 0.0232. The topological polar surface area (TPSA) is 171 Å². The number of benzene rings is 1. The first kappa shape index (κ1) is 25.9. The van der Waals surface area contributed by atoms with Crippen LogP contribution in [0.4, 0.5) is 0 Å². The number of sulfone groups is 1. The highest BCUT2D eigenvalue weighted by atomic mass is 32.2. The van der Waals surface area contributed by atoms with Crippen molar-refractivity contribution < 1.29 is 8.42 Å². The van der Waals surface area contributed by atoms with E-state index in [4.69, 9.17) is 11.1 Å². The van der Waals surface area contributed by atoms with E-state index in [1.54, 1.807) is 6.20 Å². The Kier molecular flexibility index (Phi) is 8.39. The molecule has 1 saturated heterocycles. The van der Waals surface area contributed by atoms with Crippen LogP contribution in [0.1, 0.15) is 30.5 Å². The monoisotopic (exact) mass is 514 g/mol. The minimum atomic E-state index is -3.17. The minimum Gasteiger partial charge on any atom is -0.370 e. The lowest BCUT2D eigenvalue weighted by Crippen LogP contribution is -2.37. The largest absolute Gasteiger partial charge is 0.370 e. The number of hydrogen-bond acceptors (Lipinski definition) is 7. The molecular formula is C24H34N8O3S. The van der Waals surface area contributed by atoms with Crippen molar-refractivity contribution in [2.24, 2.45) is 5.73 Å². The third kappa shape index (κ3) is 6.71. The number of guanidine groups is 1. The smallest absolute Gasteiger partial charge is 0.354 e. The molecule has 4 rings (SSSR count). The maximum absolute atomic E-state index is 12.7. The van der Waals surface area contributed by atoms with Crippen LogP contribution in [0.15, 0.2) is 41.3 Å². The van der Waals surface area contributed by atoms with Crippen molar-refractivity contribution in [3.8, 4) is 5.69 Å². The van der Waals surface area contributed by atoms with E-state index in [0.717, 1.165) is 42.7 Å². The van der Waals surface area contributed by atoms with Gasteiger partial charge in [0.05, 0.1) is 16.7 Å². The predicted octanol–water partition coefficient (Wildman–Crippen LogP) is 0.386. The van der Waals surface area contributed by atoms with E-state index in [9.17, 15) is 13.2 Å². The molecule has 11 nitrogen and oxygen atoms in total. The molecule has 0 spiro atoms. The molecule has 7 N–H and O–H groups in total. The van der Waals surface area contributed by atoms with Gasteiger partial charge in [0.25, 0.3) is 0 Å². The van der Waals surface area contributed by atoms with Crippen molar-refractivity contribution in [3.05, 3.63) is 58.3 Å². The number of hydrogen-bond donors (Lipinski definition) is 6. The molecule has 2 aromatic heterocycles. The van der Waals surface area contributed by atoms with Crippen LogP contribution in [0, 0.1) is 5.41 Å². The van der Waals surface area contributed by atoms with Crippen LogP contribution in [-0.2, 0) is 22.8 Å². The summed E-state index contributed by atoms with van der Waals surface area (Å²) >= 11 is 0. The highest BCUT2D eigenvalue weighted by Crippen LogP contribution is 2.18. The average Bonchev–Trinajstić information content (AvgIpc) is 3.27. The van der Waals surface area contributed by atoms with Crippen LogP contribution in [0.5, 0.6) is 0 Å². The van der Waals surface area contributed by atoms with Gasteiger partial charge >= 0.3 is 5.69 Å². The van der Waals surface area contributed by atoms with Gasteiger partial charge in [-0.25, -0.2) is 13.2 Å². The van der Waals surface area contributed by atoms with E-state index >= 15 is 0 Å². The quantitative estimate of drug-likeness (QED) is 0.121. The number of H-pyrrole nitrogens is 1. The van der Waals surface area contributed by atoms with Gasteiger partial charge in [0.2, 0.25) is 0 Å². The van der Waals surface area contributed by atoms with Gasteiger partial charge in [-0.1, -0.05) is 12.1 Å². The van der Waals surface area contributed by atoms with Crippen LogP contribution < -0.4 is 27.4 Å². The second-order valence-corrected chi connectivity index (χ2v) is 11.5. The van der Waals surface area contributed by atoms with E-state index in [-0.39, 0.29) is 17.0 Å². The third-order valence-corrected chi connectivity index (χ3v) is 8.66. The van der Waals surface area contributed by atoms with Gasteiger partial charge < -0.3 is 26.7 Å². The van der Waals surface area contributed by atoms with E-state index < -0.39 is 15.5 Å². The molecule has 12 heteroatoms. The fourth-order valence-electron chi connectivity index (χ4n) is 4.39. The van der Waals surface area contributed by atoms with Gasteiger partial charge in [0.15, 0.2) is 15.8 Å². The Hall–Kier alpha value is -3.22. The number of rotatable bonds is 11. The van der Waals surface area contributed by atoms with E-state index in [1.165, 1.54) is 4.57 Å². The van der Waals surface area contributed by atoms with Gasteiger partial charge in [0, 0.05) is 36.8 Å². The molecule has 1 fully saturated rings. The van der Waals surface area contributed by atoms with Crippen LogP contribution in [-0.4, -0.2) is 66.1 Å². The predicted molar refractivity (Wildman–Crippen MR) is 141 cm³/mol. The average molecular weight is 515 g/mol. The Morgan fingerprint density at radius 2 is 1.94 bits per heavy atom. The molecule has 194 valence electrons. The Morgan fingerprint density at radius 1 is 1.19 bits per heavy atom. The highest BCUT2D eigenvalue weighted by molar-refractivity contribution is 7.92. The van der Waals surface area contributed by atoms with Crippen LogP contribution in [0.2, 0.25) is 0 Å². The normalized spacial score (nSPS) is 14.8. The van der Waals surface area contributed by atoms with Crippen LogP contribution in [0.3, 0.4) is 0 Å². The summed E-state index contributed by atoms with van der Waals surface area (Å²) in [6, 6.07) is 9.54. The molecule has 3 aromatic rings. The standard InChI is InChI=1S/C24H34N8O3S/c25-23(26)29-10-1-9-28-15-17-2-4-20(5-3-17)32-16-18-14-19(30-22(18)31-24(32)33)8-13-36(34,35)21-6-11-27-12-7-21/h2-5,14,16,21,27-28H,1,6-13,15H2,(H4,25,26,29)(H,30,31,33). The Balaban J connectivity index is 1.37. The number of aromatic nitrogens is 3. The van der Waals surface area contributed by atoms with E-state index in [1.807, 2.05) is 30.3 Å². The first-order valence-electron chi connectivity index (χ1n) is 12.2. The van der Waals surface area contributed by atoms with Crippen molar-refractivity contribution in [1.29, 1.82) is 5.41 Å². The summed E-state index contributed by atoms with van der Waals surface area (Å²) in [4.78, 5) is 19.9. The van der Waals surface area contributed by atoms with Crippen molar-refractivity contribution in [3.63, 3.8) is 0 Å². The highest BCUT2D eigenvalue weighted by Gasteiger charge is 2.27. The zero-order valence-electron chi connectivity index (χ0n) is 20.2. The molecule has 0 radical (unpaired) electrons. The lowest BCUT2D eigenvalue weighted by atomic mass is 10.2. The number of nitrogens with zero attached hydrogens (tertiary/aromatic N) is 2. The molecular weight excluding hydrogens is 480 g/mol. The van der Waals surface area contributed by atoms with Crippen LogP contribution in [0.25, 0.3) is 16.7 Å². The molecule has 1 aliphatic rings. The summed E-state index contributed by atoms with van der Waals surface area (Å²) in [5, 5.41) is 16.9. The lowest BCUT2D eigenvalue weighted by Gasteiger charge is -2.22. The summed E-state index contributed by atoms with van der Waals surface area (Å²) in [6.45, 7) is 3.60. The molecule has 0 unspecified atom stereocenters. The summed E-state index contributed by atoms with van der Waals surface area (Å²) in [5.74, 6) is 0.0576. The number of nitrogens with one attached hydrogen (secondary N) is 5. The summed E-state index contributed by atoms with van der Waals surface area (Å²) < 4.78 is 26.9. The maximum Gasteiger partial charge on any atom is 0.354 e. The first-order chi connectivity index (χ1) is 17.3. The zero-order valence-corrected chi connectivity index (χ0v) is 21.0. The fourth-order valence-corrected chi connectivity index (χ4v) is 6.18. The molecule has 0 saturated carbocycles. The molecule has 0 atom stereocenters. The molecule has 36 heavy (non-hydrogen) atoms. The third-order valence-electron chi connectivity index (χ3n) is 6.40. The van der Waals surface area contributed by atoms with Gasteiger partial charge in [-0.3, -0.25) is 9.98 Å². The fraction of sp³-hybridized carbons (Fsp3) is 0.458. The first-order valence-corrected chi connectivity index (χ1v) is 13.9. The lowest BCUT2D eigenvalue weighted by molar-refractivity contribution is 0.496. The molecule has 1 aliphatic heterocycles. The van der Waals surface area contributed by atoms with E-state index in [2.05, 4.69) is 25.9 Å². The van der Waals surface area contributed by atoms with Gasteiger partial charge in [-0.2, -0.15) is 4.98 Å². The van der Waals surface area contributed by atoms with Gasteiger partial charge in [0.1, 0.15) is 5.65 Å². The molecule has 3 heterocycles. The molecule has 0 bridgehead atoms. The second kappa shape index (κ2) is 11.7. The number of aromatic amines is 1. The number of fused-ring (bicyclic) bond motifs is 1. The van der Waals surface area contributed by atoms with Crippen LogP contribution >= 0.6 is 0 Å². The van der Waals surface area contributed by atoms with Crippen molar-refractivity contribution in [2.75, 3.05) is 31.9 Å². The van der Waals surface area contributed by atoms with E-state index in [0.29, 0.717) is 43.7 Å². The second-order valence-electron chi connectivity index (χ2n) is 9.10. The zero-order chi connectivity index (χ0) is 25.5. The van der Waals surface area contributed by atoms with Crippen molar-refractivity contribution >= 4 is 26.8 Å². The summed E-state index contributed by atoms with van der Waals surface area (Å²) in [5.41, 5.74) is 7.87. The molecule has 0 amide bonds. The van der Waals surface area contributed by atoms with Gasteiger partial charge in [-0.15, -0.1) is 0 Å². The van der Waals surface area contributed by atoms with Gasteiger partial charge in [-0.05, 0) is 62.7 Å². The number of piperidine rings is 1.